The second-order valence-electron chi connectivity index (χ2n) is 6.01. The zero-order chi connectivity index (χ0) is 18.2. The van der Waals surface area contributed by atoms with Gasteiger partial charge in [0.2, 0.25) is 5.91 Å². The zero-order valence-corrected chi connectivity index (χ0v) is 14.5. The van der Waals surface area contributed by atoms with Crippen molar-refractivity contribution in [2.24, 2.45) is 0 Å². The minimum absolute atomic E-state index is 0.0119. The standard InChI is InChI=1S/C20H23NO4/c1-14-3-4-15(2)18(13-14)25-17-7-5-16(6-8-17)11-12-21-19(22)9-10-20(23)24/h3-8,13H,9-12H2,1-2H3,(H,21,22)(H,23,24). The highest BCUT2D eigenvalue weighted by Crippen LogP contribution is 2.26. The second-order valence-corrected chi connectivity index (χ2v) is 6.01. The van der Waals surface area contributed by atoms with Gasteiger partial charge in [-0.15, -0.1) is 0 Å². The minimum atomic E-state index is -0.963. The Morgan fingerprint density at radius 3 is 2.44 bits per heavy atom. The lowest BCUT2D eigenvalue weighted by molar-refractivity contribution is -0.138. The summed E-state index contributed by atoms with van der Waals surface area (Å²) in [7, 11) is 0. The second kappa shape index (κ2) is 8.87. The number of carboxylic acid groups (broad SMARTS) is 1. The maximum Gasteiger partial charge on any atom is 0.303 e. The fourth-order valence-corrected chi connectivity index (χ4v) is 2.32. The highest BCUT2D eigenvalue weighted by molar-refractivity contribution is 5.80. The number of aryl methyl sites for hydroxylation is 2. The summed E-state index contributed by atoms with van der Waals surface area (Å²) >= 11 is 0. The first-order valence-corrected chi connectivity index (χ1v) is 8.26. The van der Waals surface area contributed by atoms with Crippen LogP contribution < -0.4 is 10.1 Å². The molecule has 0 aliphatic rings. The van der Waals surface area contributed by atoms with Crippen molar-refractivity contribution in [3.8, 4) is 11.5 Å². The number of ether oxygens (including phenoxy) is 1. The molecule has 1 amide bonds. The van der Waals surface area contributed by atoms with E-state index in [1.807, 2.05) is 50.2 Å². The predicted octanol–water partition coefficient (Wildman–Crippen LogP) is 3.62. The molecule has 0 aliphatic carbocycles. The van der Waals surface area contributed by atoms with E-state index in [1.54, 1.807) is 0 Å². The molecule has 132 valence electrons. The van der Waals surface area contributed by atoms with Crippen LogP contribution in [-0.2, 0) is 16.0 Å². The van der Waals surface area contributed by atoms with Crippen LogP contribution in [0.3, 0.4) is 0 Å². The van der Waals surface area contributed by atoms with Gasteiger partial charge in [0.1, 0.15) is 11.5 Å². The first kappa shape index (κ1) is 18.5. The Kier molecular flexibility index (Phi) is 6.57. The predicted molar refractivity (Wildman–Crippen MR) is 96.0 cm³/mol. The zero-order valence-electron chi connectivity index (χ0n) is 14.5. The highest BCUT2D eigenvalue weighted by atomic mass is 16.5. The summed E-state index contributed by atoms with van der Waals surface area (Å²) in [5.41, 5.74) is 3.31. The van der Waals surface area contributed by atoms with Crippen LogP contribution in [0.15, 0.2) is 42.5 Å². The summed E-state index contributed by atoms with van der Waals surface area (Å²) in [5, 5.41) is 11.3. The largest absolute Gasteiger partial charge is 0.481 e. The van der Waals surface area contributed by atoms with E-state index in [0.717, 1.165) is 28.2 Å². The monoisotopic (exact) mass is 341 g/mol. The van der Waals surface area contributed by atoms with Gasteiger partial charge >= 0.3 is 5.97 Å². The molecule has 0 radical (unpaired) electrons. The van der Waals surface area contributed by atoms with E-state index in [2.05, 4.69) is 11.4 Å². The Labute approximate surface area is 147 Å². The van der Waals surface area contributed by atoms with Crippen molar-refractivity contribution in [3.05, 3.63) is 59.2 Å². The molecule has 0 saturated carbocycles. The Hall–Kier alpha value is -2.82. The number of amides is 1. The summed E-state index contributed by atoms with van der Waals surface area (Å²) in [6, 6.07) is 13.8. The van der Waals surface area contributed by atoms with Crippen molar-refractivity contribution < 1.29 is 19.4 Å². The molecule has 0 saturated heterocycles. The van der Waals surface area contributed by atoms with Crippen LogP contribution >= 0.6 is 0 Å². The number of carbonyl (C=O) groups is 2. The molecule has 0 aliphatic heterocycles. The van der Waals surface area contributed by atoms with E-state index < -0.39 is 5.97 Å². The van der Waals surface area contributed by atoms with Crippen LogP contribution in [-0.4, -0.2) is 23.5 Å². The molecule has 2 aromatic carbocycles. The number of hydrogen-bond donors (Lipinski definition) is 2. The molecule has 0 heterocycles. The molecule has 5 heteroatoms. The van der Waals surface area contributed by atoms with Crippen LogP contribution in [0, 0.1) is 13.8 Å². The third-order valence-electron chi connectivity index (χ3n) is 3.80. The van der Waals surface area contributed by atoms with Gasteiger partial charge in [0.05, 0.1) is 6.42 Å². The van der Waals surface area contributed by atoms with E-state index in [0.29, 0.717) is 13.0 Å². The van der Waals surface area contributed by atoms with Crippen LogP contribution in [0.25, 0.3) is 0 Å². The number of rotatable bonds is 8. The van der Waals surface area contributed by atoms with Gasteiger partial charge in [-0.05, 0) is 55.2 Å². The molecule has 5 nitrogen and oxygen atoms in total. The molecular weight excluding hydrogens is 318 g/mol. The van der Waals surface area contributed by atoms with Crippen molar-refractivity contribution in [2.75, 3.05) is 6.54 Å². The smallest absolute Gasteiger partial charge is 0.303 e. The molecule has 0 aromatic heterocycles. The fraction of sp³-hybridized carbons (Fsp3) is 0.300. The Bertz CT molecular complexity index is 738. The molecule has 2 N–H and O–H groups in total. The molecule has 0 bridgehead atoms. The number of carbonyl (C=O) groups excluding carboxylic acids is 1. The number of carboxylic acids is 1. The van der Waals surface area contributed by atoms with E-state index in [9.17, 15) is 9.59 Å². The quantitative estimate of drug-likeness (QED) is 0.769. The van der Waals surface area contributed by atoms with Crippen molar-refractivity contribution >= 4 is 11.9 Å². The van der Waals surface area contributed by atoms with Gasteiger partial charge in [0.15, 0.2) is 0 Å². The Morgan fingerprint density at radius 1 is 1.04 bits per heavy atom. The molecule has 0 unspecified atom stereocenters. The van der Waals surface area contributed by atoms with Gasteiger partial charge in [-0.1, -0.05) is 24.3 Å². The average Bonchev–Trinajstić information content (AvgIpc) is 2.58. The van der Waals surface area contributed by atoms with Gasteiger partial charge in [0, 0.05) is 13.0 Å². The SMILES string of the molecule is Cc1ccc(C)c(Oc2ccc(CCNC(=O)CCC(=O)O)cc2)c1. The summed E-state index contributed by atoms with van der Waals surface area (Å²) in [6.07, 6.45) is 0.552. The molecule has 2 rings (SSSR count). The van der Waals surface area contributed by atoms with E-state index >= 15 is 0 Å². The maximum atomic E-state index is 11.5. The third kappa shape index (κ3) is 6.30. The van der Waals surface area contributed by atoms with Crippen LogP contribution in [0.4, 0.5) is 0 Å². The van der Waals surface area contributed by atoms with Gasteiger partial charge < -0.3 is 15.2 Å². The van der Waals surface area contributed by atoms with Gasteiger partial charge in [-0.3, -0.25) is 9.59 Å². The molecule has 0 fully saturated rings. The fourth-order valence-electron chi connectivity index (χ4n) is 2.32. The third-order valence-corrected chi connectivity index (χ3v) is 3.80. The lowest BCUT2D eigenvalue weighted by Gasteiger charge is -2.10. The number of benzene rings is 2. The number of nitrogens with one attached hydrogen (secondary N) is 1. The summed E-state index contributed by atoms with van der Waals surface area (Å²) in [4.78, 5) is 21.9. The Balaban J connectivity index is 1.82. The van der Waals surface area contributed by atoms with E-state index in [-0.39, 0.29) is 18.7 Å². The minimum Gasteiger partial charge on any atom is -0.481 e. The van der Waals surface area contributed by atoms with Crippen molar-refractivity contribution in [1.82, 2.24) is 5.32 Å². The Morgan fingerprint density at radius 2 is 1.76 bits per heavy atom. The first-order chi connectivity index (χ1) is 11.9. The van der Waals surface area contributed by atoms with Crippen molar-refractivity contribution in [2.45, 2.75) is 33.1 Å². The normalized spacial score (nSPS) is 10.3. The van der Waals surface area contributed by atoms with Crippen LogP contribution in [0.1, 0.15) is 29.5 Å². The number of aliphatic carboxylic acids is 1. The summed E-state index contributed by atoms with van der Waals surface area (Å²) in [5.74, 6) is 0.410. The van der Waals surface area contributed by atoms with Crippen LogP contribution in [0.5, 0.6) is 11.5 Å². The van der Waals surface area contributed by atoms with Crippen molar-refractivity contribution in [1.29, 1.82) is 0 Å². The number of hydrogen-bond acceptors (Lipinski definition) is 3. The van der Waals surface area contributed by atoms with Crippen LogP contribution in [0.2, 0.25) is 0 Å². The molecule has 2 aromatic rings. The average molecular weight is 341 g/mol. The van der Waals surface area contributed by atoms with E-state index in [4.69, 9.17) is 9.84 Å². The first-order valence-electron chi connectivity index (χ1n) is 8.26. The van der Waals surface area contributed by atoms with Crippen molar-refractivity contribution in [3.63, 3.8) is 0 Å². The lowest BCUT2D eigenvalue weighted by atomic mass is 10.1. The summed E-state index contributed by atoms with van der Waals surface area (Å²) < 4.78 is 5.92. The lowest BCUT2D eigenvalue weighted by Crippen LogP contribution is -2.25. The topological polar surface area (TPSA) is 75.6 Å². The van der Waals surface area contributed by atoms with Gasteiger partial charge in [-0.2, -0.15) is 0 Å². The summed E-state index contributed by atoms with van der Waals surface area (Å²) in [6.45, 7) is 4.52. The van der Waals surface area contributed by atoms with E-state index in [1.165, 1.54) is 0 Å². The highest BCUT2D eigenvalue weighted by Gasteiger charge is 2.05. The molecular formula is C20H23NO4. The molecule has 25 heavy (non-hydrogen) atoms. The van der Waals surface area contributed by atoms with Gasteiger partial charge in [-0.25, -0.2) is 0 Å². The maximum absolute atomic E-state index is 11.5. The van der Waals surface area contributed by atoms with Gasteiger partial charge in [0.25, 0.3) is 0 Å². The molecule has 0 spiro atoms. The molecule has 0 atom stereocenters.